The monoisotopic (exact) mass is 210 g/mol. The van der Waals surface area contributed by atoms with Crippen molar-refractivity contribution in [3.8, 4) is 0 Å². The lowest BCUT2D eigenvalue weighted by molar-refractivity contribution is -0.0701. The van der Waals surface area contributed by atoms with E-state index in [1.807, 2.05) is 14.0 Å². The number of hydrogen-bond acceptors (Lipinski definition) is 3. The van der Waals surface area contributed by atoms with Crippen LogP contribution in [-0.4, -0.2) is 50.7 Å². The van der Waals surface area contributed by atoms with Crippen molar-refractivity contribution in [2.75, 3.05) is 39.9 Å². The Hall–Kier alpha value is -0.260. The average molecular weight is 210 g/mol. The minimum atomic E-state index is -2.88. The van der Waals surface area contributed by atoms with E-state index >= 15 is 0 Å². The van der Waals surface area contributed by atoms with Crippen LogP contribution in [-0.2, 0) is 4.74 Å². The van der Waals surface area contributed by atoms with E-state index in [1.54, 1.807) is 0 Å². The summed E-state index contributed by atoms with van der Waals surface area (Å²) in [4.78, 5) is 2.10. The number of rotatable bonds is 8. The van der Waals surface area contributed by atoms with Crippen molar-refractivity contribution in [2.24, 2.45) is 5.73 Å². The maximum absolute atomic E-state index is 12.5. The number of hydrogen-bond donors (Lipinski definition) is 1. The van der Waals surface area contributed by atoms with E-state index in [2.05, 4.69) is 4.90 Å². The summed E-state index contributed by atoms with van der Waals surface area (Å²) in [5.41, 5.74) is 4.85. The van der Waals surface area contributed by atoms with Gasteiger partial charge in [0.15, 0.2) is 0 Å². The Morgan fingerprint density at radius 3 is 2.57 bits per heavy atom. The topological polar surface area (TPSA) is 38.5 Å². The Morgan fingerprint density at radius 1 is 1.43 bits per heavy atom. The van der Waals surface area contributed by atoms with Gasteiger partial charge in [-0.2, -0.15) is 0 Å². The fraction of sp³-hybridized carbons (Fsp3) is 1.00. The van der Waals surface area contributed by atoms with Crippen molar-refractivity contribution < 1.29 is 13.5 Å². The zero-order valence-corrected chi connectivity index (χ0v) is 8.93. The average Bonchev–Trinajstić information content (AvgIpc) is 2.17. The fourth-order valence-electron chi connectivity index (χ4n) is 0.875. The minimum absolute atomic E-state index is 0.361. The molecule has 0 aliphatic carbocycles. The first-order valence-corrected chi connectivity index (χ1v) is 4.86. The van der Waals surface area contributed by atoms with Crippen LogP contribution in [0.1, 0.15) is 13.3 Å². The number of halogens is 2. The quantitative estimate of drug-likeness (QED) is 0.606. The second kappa shape index (κ2) is 7.09. The summed E-state index contributed by atoms with van der Waals surface area (Å²) in [6.07, 6.45) is 0.769. The molecule has 0 radical (unpaired) electrons. The smallest absolute Gasteiger partial charge is 0.282 e. The Labute approximate surface area is 84.2 Å². The highest BCUT2D eigenvalue weighted by Crippen LogP contribution is 2.10. The Balaban J connectivity index is 3.30. The molecule has 5 heteroatoms. The molecule has 14 heavy (non-hydrogen) atoms. The highest BCUT2D eigenvalue weighted by atomic mass is 19.3. The third-order valence-corrected chi connectivity index (χ3v) is 1.98. The van der Waals surface area contributed by atoms with Gasteiger partial charge in [-0.15, -0.1) is 0 Å². The van der Waals surface area contributed by atoms with Gasteiger partial charge in [0.2, 0.25) is 0 Å². The van der Waals surface area contributed by atoms with Crippen molar-refractivity contribution in [1.29, 1.82) is 0 Å². The lowest BCUT2D eigenvalue weighted by Gasteiger charge is -2.16. The third-order valence-electron chi connectivity index (χ3n) is 1.98. The van der Waals surface area contributed by atoms with Crippen LogP contribution in [0.5, 0.6) is 0 Å². The molecule has 2 N–H and O–H groups in total. The molecule has 0 saturated carbocycles. The van der Waals surface area contributed by atoms with Gasteiger partial charge in [0.1, 0.15) is 6.61 Å². The van der Waals surface area contributed by atoms with E-state index in [-0.39, 0.29) is 0 Å². The number of ether oxygens (including phenoxy) is 1. The van der Waals surface area contributed by atoms with Gasteiger partial charge in [0, 0.05) is 13.2 Å². The van der Waals surface area contributed by atoms with Crippen molar-refractivity contribution in [1.82, 2.24) is 4.90 Å². The Kier molecular flexibility index (Phi) is 6.96. The summed E-state index contributed by atoms with van der Waals surface area (Å²) in [6.45, 7) is 3.01. The van der Waals surface area contributed by atoms with Crippen LogP contribution in [0.25, 0.3) is 0 Å². The van der Waals surface area contributed by atoms with Gasteiger partial charge in [-0.1, -0.05) is 6.92 Å². The molecule has 0 aliphatic heterocycles. The van der Waals surface area contributed by atoms with Gasteiger partial charge < -0.3 is 15.4 Å². The highest BCUT2D eigenvalue weighted by molar-refractivity contribution is 4.64. The van der Waals surface area contributed by atoms with Crippen LogP contribution in [0.15, 0.2) is 0 Å². The first-order valence-electron chi connectivity index (χ1n) is 4.86. The van der Waals surface area contributed by atoms with Crippen LogP contribution in [0.3, 0.4) is 0 Å². The summed E-state index contributed by atoms with van der Waals surface area (Å²) in [7, 11) is 1.98. The van der Waals surface area contributed by atoms with E-state index in [4.69, 9.17) is 10.5 Å². The van der Waals surface area contributed by atoms with E-state index in [1.165, 1.54) is 0 Å². The van der Waals surface area contributed by atoms with Crippen molar-refractivity contribution in [2.45, 2.75) is 19.3 Å². The molecule has 0 unspecified atom stereocenters. The molecule has 0 bridgehead atoms. The lowest BCUT2D eigenvalue weighted by atomic mass is 10.3. The van der Waals surface area contributed by atoms with Crippen LogP contribution < -0.4 is 5.73 Å². The molecule has 86 valence electrons. The van der Waals surface area contributed by atoms with Crippen molar-refractivity contribution in [3.05, 3.63) is 0 Å². The Morgan fingerprint density at radius 2 is 2.07 bits per heavy atom. The van der Waals surface area contributed by atoms with E-state index in [0.717, 1.165) is 19.5 Å². The summed E-state index contributed by atoms with van der Waals surface area (Å²) in [5.74, 6) is -2.88. The predicted octanol–water partition coefficient (Wildman–Crippen LogP) is 0.939. The van der Waals surface area contributed by atoms with E-state index < -0.39 is 19.1 Å². The molecule has 0 rings (SSSR count). The largest absolute Gasteiger partial charge is 0.375 e. The lowest BCUT2D eigenvalue weighted by Crippen LogP contribution is -2.33. The molecule has 0 aromatic carbocycles. The minimum Gasteiger partial charge on any atom is -0.375 e. The molecular weight excluding hydrogens is 190 g/mol. The van der Waals surface area contributed by atoms with Crippen LogP contribution in [0, 0.1) is 0 Å². The van der Waals surface area contributed by atoms with Gasteiger partial charge in [-0.05, 0) is 20.0 Å². The summed E-state index contributed by atoms with van der Waals surface area (Å²) < 4.78 is 29.9. The highest BCUT2D eigenvalue weighted by Gasteiger charge is 2.26. The second-order valence-electron chi connectivity index (χ2n) is 3.36. The number of nitrogens with zero attached hydrogens (tertiary/aromatic N) is 1. The summed E-state index contributed by atoms with van der Waals surface area (Å²) >= 11 is 0. The zero-order chi connectivity index (χ0) is 11.0. The zero-order valence-electron chi connectivity index (χ0n) is 8.93. The van der Waals surface area contributed by atoms with Gasteiger partial charge in [-0.3, -0.25) is 0 Å². The SMILES string of the molecule is CCN(C)CCCOCC(F)(F)CN. The van der Waals surface area contributed by atoms with Crippen LogP contribution >= 0.6 is 0 Å². The van der Waals surface area contributed by atoms with Crippen molar-refractivity contribution in [3.63, 3.8) is 0 Å². The van der Waals surface area contributed by atoms with Crippen LogP contribution in [0.2, 0.25) is 0 Å². The normalized spacial score (nSPS) is 12.4. The van der Waals surface area contributed by atoms with E-state index in [0.29, 0.717) is 6.61 Å². The maximum Gasteiger partial charge on any atom is 0.282 e. The molecule has 0 spiro atoms. The molecule has 0 heterocycles. The summed E-state index contributed by atoms with van der Waals surface area (Å²) in [6, 6.07) is 0. The molecule has 0 saturated heterocycles. The maximum atomic E-state index is 12.5. The molecular formula is C9H20F2N2O. The van der Waals surface area contributed by atoms with Gasteiger partial charge in [-0.25, -0.2) is 8.78 Å². The van der Waals surface area contributed by atoms with Gasteiger partial charge in [0.05, 0.1) is 6.54 Å². The molecule has 0 amide bonds. The van der Waals surface area contributed by atoms with Crippen LogP contribution in [0.4, 0.5) is 8.78 Å². The standard InChI is InChI=1S/C9H20F2N2O/c1-3-13(2)5-4-6-14-8-9(10,11)7-12/h3-8,12H2,1-2H3. The molecule has 3 nitrogen and oxygen atoms in total. The number of nitrogens with two attached hydrogens (primary N) is 1. The third kappa shape index (κ3) is 7.17. The first-order chi connectivity index (χ1) is 6.52. The van der Waals surface area contributed by atoms with Gasteiger partial charge in [0.25, 0.3) is 5.92 Å². The molecule has 0 atom stereocenters. The number of alkyl halides is 2. The van der Waals surface area contributed by atoms with Gasteiger partial charge >= 0.3 is 0 Å². The Bertz CT molecular complexity index is 145. The van der Waals surface area contributed by atoms with E-state index in [9.17, 15) is 8.78 Å². The van der Waals surface area contributed by atoms with Crippen molar-refractivity contribution >= 4 is 0 Å². The second-order valence-corrected chi connectivity index (χ2v) is 3.36. The molecule has 0 aliphatic rings. The molecule has 0 aromatic heterocycles. The molecule has 0 fully saturated rings. The predicted molar refractivity (Wildman–Crippen MR) is 52.6 cm³/mol. The fourth-order valence-corrected chi connectivity index (χ4v) is 0.875. The first kappa shape index (κ1) is 13.7. The molecule has 0 aromatic rings. The summed E-state index contributed by atoms with van der Waals surface area (Å²) in [5, 5.41) is 0.